The van der Waals surface area contributed by atoms with Gasteiger partial charge in [-0.1, -0.05) is 30.3 Å². The van der Waals surface area contributed by atoms with Gasteiger partial charge in [0.1, 0.15) is 5.69 Å². The second-order valence-electron chi connectivity index (χ2n) is 7.17. The largest absolute Gasteiger partial charge is 0.390 e. The molecule has 1 atom stereocenters. The average molecular weight is 351 g/mol. The number of aliphatic hydroxyl groups is 1. The predicted molar refractivity (Wildman–Crippen MR) is 99.9 cm³/mol. The molecule has 1 N–H and O–H groups in total. The molecular weight excluding hydrogens is 326 g/mol. The third kappa shape index (κ3) is 3.50. The molecule has 1 aliphatic heterocycles. The van der Waals surface area contributed by atoms with E-state index in [1.165, 1.54) is 17.5 Å². The molecule has 1 amide bonds. The molecule has 2 aliphatic rings. The molecule has 1 aromatic heterocycles. The number of amides is 1. The summed E-state index contributed by atoms with van der Waals surface area (Å²) in [4.78, 5) is 21.3. The predicted octanol–water partition coefficient (Wildman–Crippen LogP) is 1.89. The van der Waals surface area contributed by atoms with E-state index in [0.29, 0.717) is 17.4 Å². The molecule has 0 spiro atoms. The second kappa shape index (κ2) is 7.56. The summed E-state index contributed by atoms with van der Waals surface area (Å²) in [5.41, 5.74) is 3.94. The van der Waals surface area contributed by atoms with E-state index < -0.39 is 0 Å². The first-order valence-electron chi connectivity index (χ1n) is 9.41. The van der Waals surface area contributed by atoms with Crippen molar-refractivity contribution in [3.63, 3.8) is 0 Å². The Hall–Kier alpha value is -2.24. The van der Waals surface area contributed by atoms with Gasteiger partial charge in [0, 0.05) is 32.2 Å². The number of aromatic nitrogens is 1. The molecule has 0 bridgehead atoms. The Balaban J connectivity index is 1.36. The lowest BCUT2D eigenvalue weighted by molar-refractivity contribution is 0.0547. The minimum atomic E-state index is -0.141. The van der Waals surface area contributed by atoms with Crippen LogP contribution in [-0.2, 0) is 19.4 Å². The molecule has 4 rings (SSSR count). The summed E-state index contributed by atoms with van der Waals surface area (Å²) in [5, 5.41) is 9.21. The number of rotatable bonds is 3. The molecule has 1 fully saturated rings. The second-order valence-corrected chi connectivity index (χ2v) is 7.17. The van der Waals surface area contributed by atoms with Crippen molar-refractivity contribution < 1.29 is 9.90 Å². The summed E-state index contributed by atoms with van der Waals surface area (Å²) in [6.07, 6.45) is 3.47. The van der Waals surface area contributed by atoms with Crippen LogP contribution in [0, 0.1) is 0 Å². The lowest BCUT2D eigenvalue weighted by Crippen LogP contribution is -2.53. The van der Waals surface area contributed by atoms with Crippen LogP contribution in [0.3, 0.4) is 0 Å². The first-order valence-corrected chi connectivity index (χ1v) is 9.41. The van der Waals surface area contributed by atoms with E-state index in [2.05, 4.69) is 34.1 Å². The summed E-state index contributed by atoms with van der Waals surface area (Å²) in [5.74, 6) is -0.0334. The molecule has 136 valence electrons. The number of hydrogen-bond acceptors (Lipinski definition) is 4. The van der Waals surface area contributed by atoms with Gasteiger partial charge in [0.05, 0.1) is 12.3 Å². The fourth-order valence-electron chi connectivity index (χ4n) is 4.13. The summed E-state index contributed by atoms with van der Waals surface area (Å²) in [6, 6.07) is 14.6. The van der Waals surface area contributed by atoms with Gasteiger partial charge >= 0.3 is 0 Å². The van der Waals surface area contributed by atoms with Gasteiger partial charge < -0.3 is 10.0 Å². The molecular formula is C21H25N3O2. The zero-order valence-corrected chi connectivity index (χ0v) is 15.0. The van der Waals surface area contributed by atoms with Gasteiger partial charge in [-0.25, -0.2) is 4.98 Å². The number of carbonyl (C=O) groups excluding carboxylic acids is 1. The van der Waals surface area contributed by atoms with Crippen LogP contribution in [0.4, 0.5) is 0 Å². The number of benzene rings is 1. The van der Waals surface area contributed by atoms with E-state index in [-0.39, 0.29) is 12.5 Å². The molecule has 0 radical (unpaired) electrons. The Morgan fingerprint density at radius 3 is 2.58 bits per heavy atom. The number of nitrogens with zero attached hydrogens (tertiary/aromatic N) is 3. The minimum absolute atomic E-state index is 0.0334. The highest BCUT2D eigenvalue weighted by atomic mass is 16.3. The summed E-state index contributed by atoms with van der Waals surface area (Å²) in [6.45, 7) is 3.17. The van der Waals surface area contributed by atoms with Crippen molar-refractivity contribution in [2.75, 3.05) is 26.2 Å². The zero-order valence-electron chi connectivity index (χ0n) is 15.0. The van der Waals surface area contributed by atoms with Crippen LogP contribution < -0.4 is 0 Å². The van der Waals surface area contributed by atoms with Crippen LogP contribution in [0.2, 0.25) is 0 Å². The Morgan fingerprint density at radius 2 is 1.81 bits per heavy atom. The Morgan fingerprint density at radius 1 is 1.04 bits per heavy atom. The maximum absolute atomic E-state index is 12.7. The maximum atomic E-state index is 12.7. The molecule has 1 saturated heterocycles. The van der Waals surface area contributed by atoms with E-state index in [1.54, 1.807) is 18.2 Å². The van der Waals surface area contributed by atoms with Gasteiger partial charge in [-0.3, -0.25) is 9.69 Å². The summed E-state index contributed by atoms with van der Waals surface area (Å²) in [7, 11) is 0. The number of piperazine rings is 1. The molecule has 5 nitrogen and oxygen atoms in total. The van der Waals surface area contributed by atoms with Crippen molar-refractivity contribution in [2.24, 2.45) is 0 Å². The minimum Gasteiger partial charge on any atom is -0.390 e. The highest BCUT2D eigenvalue weighted by Crippen LogP contribution is 2.25. The van der Waals surface area contributed by atoms with Crippen LogP contribution in [0.1, 0.15) is 33.7 Å². The van der Waals surface area contributed by atoms with Gasteiger partial charge in [-0.15, -0.1) is 0 Å². The number of aliphatic hydroxyl groups excluding tert-OH is 1. The third-order valence-corrected chi connectivity index (χ3v) is 5.63. The van der Waals surface area contributed by atoms with E-state index in [1.807, 2.05) is 4.90 Å². The van der Waals surface area contributed by atoms with E-state index >= 15 is 0 Å². The summed E-state index contributed by atoms with van der Waals surface area (Å²) >= 11 is 0. The molecule has 2 heterocycles. The van der Waals surface area contributed by atoms with Crippen LogP contribution in [0.25, 0.3) is 0 Å². The standard InChI is InChI=1S/C21H25N3O2/c25-15-18-6-3-7-20(22-18)21(26)24-12-10-23(11-13-24)19-9-8-16-4-1-2-5-17(16)14-19/h1-7,19,25H,8-15H2/t19-/m0/s1. The van der Waals surface area contributed by atoms with Crippen LogP contribution in [-0.4, -0.2) is 58.0 Å². The van der Waals surface area contributed by atoms with Crippen LogP contribution in [0.5, 0.6) is 0 Å². The smallest absolute Gasteiger partial charge is 0.272 e. The van der Waals surface area contributed by atoms with Crippen LogP contribution in [0.15, 0.2) is 42.5 Å². The molecule has 1 aromatic carbocycles. The topological polar surface area (TPSA) is 56.7 Å². The normalized spacial score (nSPS) is 20.7. The van der Waals surface area contributed by atoms with E-state index in [0.717, 1.165) is 39.0 Å². The molecule has 2 aromatic rings. The summed E-state index contributed by atoms with van der Waals surface area (Å²) < 4.78 is 0. The lowest BCUT2D eigenvalue weighted by Gasteiger charge is -2.41. The molecule has 1 aliphatic carbocycles. The number of carbonyl (C=O) groups is 1. The maximum Gasteiger partial charge on any atom is 0.272 e. The fourth-order valence-corrected chi connectivity index (χ4v) is 4.13. The monoisotopic (exact) mass is 351 g/mol. The van der Waals surface area contributed by atoms with E-state index in [4.69, 9.17) is 0 Å². The average Bonchev–Trinajstić information content (AvgIpc) is 2.73. The van der Waals surface area contributed by atoms with Crippen molar-refractivity contribution in [3.05, 3.63) is 65.0 Å². The molecule has 5 heteroatoms. The number of pyridine rings is 1. The number of fused-ring (bicyclic) bond motifs is 1. The Bertz CT molecular complexity index is 784. The zero-order chi connectivity index (χ0) is 17.9. The first kappa shape index (κ1) is 17.2. The first-order chi connectivity index (χ1) is 12.7. The molecule has 26 heavy (non-hydrogen) atoms. The SMILES string of the molecule is O=C(c1cccc(CO)n1)N1CCN([C@H]2CCc3ccccc3C2)CC1. The number of aryl methyl sites for hydroxylation is 1. The molecule has 0 unspecified atom stereocenters. The lowest BCUT2D eigenvalue weighted by atomic mass is 9.87. The highest BCUT2D eigenvalue weighted by Gasteiger charge is 2.29. The van der Waals surface area contributed by atoms with Gasteiger partial charge in [0.25, 0.3) is 5.91 Å². The van der Waals surface area contributed by atoms with Gasteiger partial charge in [0.15, 0.2) is 0 Å². The van der Waals surface area contributed by atoms with E-state index in [9.17, 15) is 9.90 Å². The van der Waals surface area contributed by atoms with Gasteiger partial charge in [0.2, 0.25) is 0 Å². The van der Waals surface area contributed by atoms with Crippen molar-refractivity contribution in [1.82, 2.24) is 14.8 Å². The van der Waals surface area contributed by atoms with Crippen molar-refractivity contribution in [3.8, 4) is 0 Å². The van der Waals surface area contributed by atoms with Crippen molar-refractivity contribution >= 4 is 5.91 Å². The Labute approximate surface area is 154 Å². The highest BCUT2D eigenvalue weighted by molar-refractivity contribution is 5.92. The quantitative estimate of drug-likeness (QED) is 0.918. The molecule has 0 saturated carbocycles. The van der Waals surface area contributed by atoms with Crippen molar-refractivity contribution in [1.29, 1.82) is 0 Å². The van der Waals surface area contributed by atoms with Gasteiger partial charge in [-0.2, -0.15) is 0 Å². The fraction of sp³-hybridized carbons (Fsp3) is 0.429. The van der Waals surface area contributed by atoms with Gasteiger partial charge in [-0.05, 0) is 42.5 Å². The Kier molecular flexibility index (Phi) is 5.00. The van der Waals surface area contributed by atoms with Crippen molar-refractivity contribution in [2.45, 2.75) is 31.9 Å². The third-order valence-electron chi connectivity index (χ3n) is 5.63. The number of hydrogen-bond donors (Lipinski definition) is 1. The van der Waals surface area contributed by atoms with Crippen LogP contribution >= 0.6 is 0 Å².